The van der Waals surface area contributed by atoms with Gasteiger partial charge in [0.15, 0.2) is 0 Å². The zero-order chi connectivity index (χ0) is 22.8. The summed E-state index contributed by atoms with van der Waals surface area (Å²) in [6, 6.07) is 7.04. The maximum atomic E-state index is 12.7. The van der Waals surface area contributed by atoms with E-state index < -0.39 is 11.7 Å². The van der Waals surface area contributed by atoms with Crippen molar-refractivity contribution < 1.29 is 22.8 Å². The normalized spacial score (nSPS) is 15.0. The lowest BCUT2D eigenvalue weighted by Gasteiger charge is -2.31. The number of hydrogen-bond acceptors (Lipinski definition) is 3. The number of piperidine rings is 1. The van der Waals surface area contributed by atoms with Crippen molar-refractivity contribution >= 4 is 52.3 Å². The summed E-state index contributed by atoms with van der Waals surface area (Å²) in [6.45, 7) is 0.612. The van der Waals surface area contributed by atoms with E-state index in [2.05, 4.69) is 10.9 Å². The number of halogens is 6. The van der Waals surface area contributed by atoms with Gasteiger partial charge in [-0.3, -0.25) is 20.4 Å². The fourth-order valence-electron chi connectivity index (χ4n) is 3.22. The molecule has 0 aromatic heterocycles. The minimum atomic E-state index is -4.46. The molecular weight excluding hydrogens is 478 g/mol. The lowest BCUT2D eigenvalue weighted by molar-refractivity contribution is -0.137. The number of nitrogens with one attached hydrogen (secondary N) is 2. The first-order valence-corrected chi connectivity index (χ1v) is 10.4. The number of rotatable bonds is 4. The summed E-state index contributed by atoms with van der Waals surface area (Å²) in [6.07, 6.45) is -3.65. The Morgan fingerprint density at radius 2 is 1.52 bits per heavy atom. The zero-order valence-electron chi connectivity index (χ0n) is 15.9. The number of carbonyl (C=O) groups excluding carboxylic acids is 2. The first-order chi connectivity index (χ1) is 14.6. The van der Waals surface area contributed by atoms with Gasteiger partial charge < -0.3 is 4.90 Å². The summed E-state index contributed by atoms with van der Waals surface area (Å²) < 4.78 is 38.0. The van der Waals surface area contributed by atoms with Crippen molar-refractivity contribution in [2.75, 3.05) is 18.5 Å². The molecule has 2 aromatic carbocycles. The molecule has 0 radical (unpaired) electrons. The molecule has 2 aromatic rings. The molecule has 3 rings (SSSR count). The van der Waals surface area contributed by atoms with Crippen LogP contribution in [0.15, 0.2) is 36.4 Å². The molecule has 166 valence electrons. The van der Waals surface area contributed by atoms with Crippen molar-refractivity contribution in [2.24, 2.45) is 5.92 Å². The molecule has 11 heteroatoms. The quantitative estimate of drug-likeness (QED) is 0.539. The van der Waals surface area contributed by atoms with Gasteiger partial charge in [0.05, 0.1) is 21.3 Å². The Morgan fingerprint density at radius 1 is 0.968 bits per heavy atom. The Kier molecular flexibility index (Phi) is 7.24. The van der Waals surface area contributed by atoms with Crippen LogP contribution in [-0.2, 0) is 11.0 Å². The number of alkyl halides is 3. The molecule has 0 aliphatic carbocycles. The van der Waals surface area contributed by atoms with E-state index in [1.165, 1.54) is 17.0 Å². The van der Waals surface area contributed by atoms with Crippen LogP contribution in [0.2, 0.25) is 15.1 Å². The predicted octanol–water partition coefficient (Wildman–Crippen LogP) is 5.66. The van der Waals surface area contributed by atoms with Crippen LogP contribution in [0.5, 0.6) is 0 Å². The molecule has 0 saturated carbocycles. The lowest BCUT2D eigenvalue weighted by atomic mass is 9.95. The van der Waals surface area contributed by atoms with E-state index in [0.717, 1.165) is 24.3 Å². The third kappa shape index (κ3) is 5.75. The van der Waals surface area contributed by atoms with Crippen LogP contribution < -0.4 is 10.9 Å². The third-order valence-electron chi connectivity index (χ3n) is 4.93. The van der Waals surface area contributed by atoms with Crippen LogP contribution in [0.3, 0.4) is 0 Å². The molecule has 1 fully saturated rings. The van der Waals surface area contributed by atoms with Gasteiger partial charge >= 0.3 is 6.18 Å². The van der Waals surface area contributed by atoms with Gasteiger partial charge in [0, 0.05) is 29.6 Å². The Balaban J connectivity index is 1.53. The van der Waals surface area contributed by atoms with Crippen LogP contribution in [0.1, 0.15) is 28.8 Å². The van der Waals surface area contributed by atoms with Crippen molar-refractivity contribution in [1.82, 2.24) is 10.3 Å². The average Bonchev–Trinajstić information content (AvgIpc) is 2.72. The predicted molar refractivity (Wildman–Crippen MR) is 113 cm³/mol. The van der Waals surface area contributed by atoms with Gasteiger partial charge in [0.1, 0.15) is 0 Å². The minimum Gasteiger partial charge on any atom is -0.339 e. The van der Waals surface area contributed by atoms with Crippen molar-refractivity contribution in [3.63, 3.8) is 0 Å². The highest BCUT2D eigenvalue weighted by Gasteiger charge is 2.31. The molecule has 1 heterocycles. The van der Waals surface area contributed by atoms with E-state index in [0.29, 0.717) is 36.6 Å². The zero-order valence-corrected chi connectivity index (χ0v) is 18.2. The van der Waals surface area contributed by atoms with Gasteiger partial charge in [-0.2, -0.15) is 13.2 Å². The molecular formula is C20H17Cl3F3N3O2. The number of likely N-dealkylation sites (tertiary alicyclic amines) is 1. The summed E-state index contributed by atoms with van der Waals surface area (Å²) in [5.74, 6) is -1.01. The van der Waals surface area contributed by atoms with Gasteiger partial charge in [0.2, 0.25) is 5.91 Å². The molecule has 0 bridgehead atoms. The number of hydrogen-bond donors (Lipinski definition) is 2. The fourth-order valence-corrected chi connectivity index (χ4v) is 4.13. The lowest BCUT2D eigenvalue weighted by Crippen LogP contribution is -2.44. The molecule has 1 aliphatic heterocycles. The third-order valence-corrected chi connectivity index (χ3v) is 5.74. The second-order valence-corrected chi connectivity index (χ2v) is 8.25. The highest BCUT2D eigenvalue weighted by molar-refractivity contribution is 6.41. The first-order valence-electron chi connectivity index (χ1n) is 9.23. The van der Waals surface area contributed by atoms with Crippen LogP contribution >= 0.6 is 34.8 Å². The van der Waals surface area contributed by atoms with Crippen LogP contribution in [0, 0.1) is 5.92 Å². The van der Waals surface area contributed by atoms with Gasteiger partial charge in [-0.25, -0.2) is 0 Å². The van der Waals surface area contributed by atoms with Gasteiger partial charge in [-0.1, -0.05) is 34.8 Å². The SMILES string of the molecule is O=C(NNc1c(Cl)cc(Cl)cc1Cl)C1CCN(C(=O)c2ccc(C(F)(F)F)cc2)CC1. The molecule has 1 aliphatic rings. The maximum absolute atomic E-state index is 12.7. The largest absolute Gasteiger partial charge is 0.416 e. The summed E-state index contributed by atoms with van der Waals surface area (Å²) >= 11 is 18.0. The smallest absolute Gasteiger partial charge is 0.339 e. The Hall–Kier alpha value is -2.16. The number of hydrazine groups is 1. The number of amides is 2. The first kappa shape index (κ1) is 23.5. The molecule has 2 amide bonds. The molecule has 0 atom stereocenters. The molecule has 5 nitrogen and oxygen atoms in total. The molecule has 2 N–H and O–H groups in total. The highest BCUT2D eigenvalue weighted by Crippen LogP contribution is 2.33. The highest BCUT2D eigenvalue weighted by atomic mass is 35.5. The molecule has 1 saturated heterocycles. The number of anilines is 1. The van der Waals surface area contributed by atoms with Crippen molar-refractivity contribution in [3.8, 4) is 0 Å². The van der Waals surface area contributed by atoms with E-state index in [1.54, 1.807) is 0 Å². The Labute approximate surface area is 191 Å². The van der Waals surface area contributed by atoms with Crippen molar-refractivity contribution in [2.45, 2.75) is 19.0 Å². The Morgan fingerprint density at radius 3 is 2.03 bits per heavy atom. The molecule has 0 spiro atoms. The number of carbonyl (C=O) groups is 2. The number of benzene rings is 2. The fraction of sp³-hybridized carbons (Fsp3) is 0.300. The topological polar surface area (TPSA) is 61.4 Å². The van der Waals surface area contributed by atoms with Gasteiger partial charge in [0.25, 0.3) is 5.91 Å². The van der Waals surface area contributed by atoms with E-state index in [1.807, 2.05) is 0 Å². The number of nitrogens with zero attached hydrogens (tertiary/aromatic N) is 1. The molecule has 0 unspecified atom stereocenters. The van der Waals surface area contributed by atoms with Gasteiger partial charge in [-0.15, -0.1) is 0 Å². The standard InChI is InChI=1S/C20H17Cl3F3N3O2/c21-14-9-15(22)17(16(23)10-14)27-28-18(30)11-5-7-29(8-6-11)19(31)12-1-3-13(4-2-12)20(24,25)26/h1-4,9-11,27H,5-8H2,(H,28,30). The van der Waals surface area contributed by atoms with Gasteiger partial charge in [-0.05, 0) is 49.2 Å². The van der Waals surface area contributed by atoms with E-state index in [4.69, 9.17) is 34.8 Å². The van der Waals surface area contributed by atoms with Crippen LogP contribution in [0.25, 0.3) is 0 Å². The van der Waals surface area contributed by atoms with E-state index in [-0.39, 0.29) is 33.3 Å². The summed E-state index contributed by atoms with van der Waals surface area (Å²) in [7, 11) is 0. The van der Waals surface area contributed by atoms with Crippen LogP contribution in [0.4, 0.5) is 18.9 Å². The second-order valence-electron chi connectivity index (χ2n) is 7.00. The minimum absolute atomic E-state index is 0.171. The van der Waals surface area contributed by atoms with E-state index in [9.17, 15) is 22.8 Å². The van der Waals surface area contributed by atoms with E-state index >= 15 is 0 Å². The monoisotopic (exact) mass is 493 g/mol. The van der Waals surface area contributed by atoms with Crippen molar-refractivity contribution in [3.05, 3.63) is 62.6 Å². The summed E-state index contributed by atoms with van der Waals surface area (Å²) in [5, 5.41) is 0.849. The maximum Gasteiger partial charge on any atom is 0.416 e. The van der Waals surface area contributed by atoms with Crippen LogP contribution in [-0.4, -0.2) is 29.8 Å². The summed E-state index contributed by atoms with van der Waals surface area (Å²) in [4.78, 5) is 26.5. The molecule has 31 heavy (non-hydrogen) atoms. The van der Waals surface area contributed by atoms with Crippen molar-refractivity contribution in [1.29, 1.82) is 0 Å². The summed E-state index contributed by atoms with van der Waals surface area (Å²) in [5.41, 5.74) is 4.92. The second kappa shape index (κ2) is 9.54. The Bertz CT molecular complexity index is 953. The average molecular weight is 495 g/mol.